The Bertz CT molecular complexity index is 816. The van der Waals surface area contributed by atoms with Crippen molar-refractivity contribution in [3.8, 4) is 5.75 Å². The summed E-state index contributed by atoms with van der Waals surface area (Å²) in [5.74, 6) is 0.0774. The molecule has 0 aliphatic carbocycles. The number of thiazole rings is 1. The maximum Gasteiger partial charge on any atom is 0.280 e. The van der Waals surface area contributed by atoms with E-state index in [-0.39, 0.29) is 16.9 Å². The molecular weight excluding hydrogens is 373 g/mol. The van der Waals surface area contributed by atoms with Crippen molar-refractivity contribution >= 4 is 28.1 Å². The lowest BCUT2D eigenvalue weighted by Gasteiger charge is -2.10. The zero-order valence-corrected chi connectivity index (χ0v) is 15.2. The highest BCUT2D eigenvalue weighted by atomic mass is 32.1. The van der Waals surface area contributed by atoms with E-state index in [0.717, 1.165) is 17.5 Å². The van der Waals surface area contributed by atoms with Gasteiger partial charge in [0.1, 0.15) is 12.4 Å². The molecule has 0 saturated carbocycles. The number of rotatable bonds is 8. The van der Waals surface area contributed by atoms with Gasteiger partial charge in [-0.15, -0.1) is 0 Å². The number of aromatic nitrogens is 1. The minimum Gasteiger partial charge on any atom is -0.490 e. The number of carbonyl (C=O) groups is 1. The summed E-state index contributed by atoms with van der Waals surface area (Å²) in [4.78, 5) is 21.9. The summed E-state index contributed by atoms with van der Waals surface area (Å²) in [6.07, 6.45) is 3.17. The molecule has 1 N–H and O–H groups in total. The first-order chi connectivity index (χ1) is 13.2. The molecule has 142 valence electrons. The first-order valence-electron chi connectivity index (χ1n) is 8.24. The number of halogens is 1. The van der Waals surface area contributed by atoms with Gasteiger partial charge in [-0.2, -0.15) is 4.39 Å². The van der Waals surface area contributed by atoms with Crippen LogP contribution >= 0.6 is 11.3 Å². The molecule has 7 nitrogen and oxygen atoms in total. The van der Waals surface area contributed by atoms with Crippen LogP contribution in [0, 0.1) is 5.13 Å². The highest BCUT2D eigenvalue weighted by Crippen LogP contribution is 2.18. The summed E-state index contributed by atoms with van der Waals surface area (Å²) in [6, 6.07) is 6.80. The van der Waals surface area contributed by atoms with Crippen molar-refractivity contribution in [2.75, 3.05) is 25.1 Å². The molecule has 1 aliphatic rings. The lowest BCUT2D eigenvalue weighted by atomic mass is 10.1. The number of oxime groups is 1. The molecule has 1 saturated heterocycles. The van der Waals surface area contributed by atoms with E-state index >= 15 is 0 Å². The van der Waals surface area contributed by atoms with Crippen LogP contribution in [0.1, 0.15) is 12.0 Å². The molecule has 2 aromatic rings. The van der Waals surface area contributed by atoms with Crippen LogP contribution < -0.4 is 10.1 Å². The third-order valence-corrected chi connectivity index (χ3v) is 4.29. The first-order valence-corrected chi connectivity index (χ1v) is 9.05. The number of ether oxygens (including phenoxy) is 2. The van der Waals surface area contributed by atoms with Crippen molar-refractivity contribution in [1.82, 2.24) is 4.98 Å². The van der Waals surface area contributed by atoms with E-state index in [1.807, 2.05) is 0 Å². The van der Waals surface area contributed by atoms with Crippen LogP contribution in [0.4, 0.5) is 9.52 Å². The Morgan fingerprint density at radius 2 is 2.30 bits per heavy atom. The Morgan fingerprint density at radius 1 is 1.48 bits per heavy atom. The fourth-order valence-corrected chi connectivity index (χ4v) is 2.82. The Morgan fingerprint density at radius 3 is 2.93 bits per heavy atom. The van der Waals surface area contributed by atoms with Gasteiger partial charge in [-0.3, -0.25) is 10.1 Å². The van der Waals surface area contributed by atoms with Crippen molar-refractivity contribution in [3.05, 3.63) is 53.8 Å². The molecule has 1 fully saturated rings. The number of hydrogen-bond donors (Lipinski definition) is 1. The third-order valence-electron chi connectivity index (χ3n) is 3.59. The van der Waals surface area contributed by atoms with Gasteiger partial charge in [0.05, 0.1) is 19.4 Å². The monoisotopic (exact) mass is 391 g/mol. The minimum atomic E-state index is -0.553. The van der Waals surface area contributed by atoms with Crippen LogP contribution in [-0.4, -0.2) is 42.5 Å². The second kappa shape index (κ2) is 9.24. The molecule has 1 aromatic carbocycles. The smallest absolute Gasteiger partial charge is 0.280 e. The molecule has 0 unspecified atom stereocenters. The number of benzene rings is 1. The molecule has 0 spiro atoms. The second-order valence-corrected chi connectivity index (χ2v) is 6.56. The van der Waals surface area contributed by atoms with Gasteiger partial charge in [0.2, 0.25) is 0 Å². The molecule has 27 heavy (non-hydrogen) atoms. The summed E-state index contributed by atoms with van der Waals surface area (Å²) >= 11 is 0.729. The van der Waals surface area contributed by atoms with Crippen LogP contribution in [0.3, 0.4) is 0 Å². The molecule has 2 heterocycles. The van der Waals surface area contributed by atoms with E-state index in [1.54, 1.807) is 30.3 Å². The van der Waals surface area contributed by atoms with Gasteiger partial charge < -0.3 is 14.3 Å². The summed E-state index contributed by atoms with van der Waals surface area (Å²) in [5.41, 5.74) is 0.571. The standard InChI is InChI=1S/C18H18FN3O4S/c1-2-8-25-13-5-3-12(4-6-13)16(22-26-14-7-9-24-11-14)17(23)21-18-20-10-15(19)27-18/h2-6,10,14H,1,7-9,11H2,(H,20,21,23)/b22-16+/t14-/m1/s1. The van der Waals surface area contributed by atoms with E-state index < -0.39 is 11.0 Å². The highest BCUT2D eigenvalue weighted by Gasteiger charge is 2.21. The maximum atomic E-state index is 13.1. The molecule has 1 amide bonds. The Balaban J connectivity index is 1.78. The van der Waals surface area contributed by atoms with Crippen molar-refractivity contribution in [2.24, 2.45) is 5.16 Å². The van der Waals surface area contributed by atoms with Gasteiger partial charge in [0.25, 0.3) is 5.91 Å². The van der Waals surface area contributed by atoms with Crippen LogP contribution in [0.15, 0.2) is 48.3 Å². The lowest BCUT2D eigenvalue weighted by Crippen LogP contribution is -2.25. The fourth-order valence-electron chi connectivity index (χ4n) is 2.28. The van der Waals surface area contributed by atoms with Gasteiger partial charge in [-0.25, -0.2) is 4.98 Å². The zero-order chi connectivity index (χ0) is 19.1. The molecule has 1 aliphatic heterocycles. The molecule has 3 rings (SSSR count). The maximum absolute atomic E-state index is 13.1. The van der Waals surface area contributed by atoms with Crippen LogP contribution in [0.25, 0.3) is 0 Å². The van der Waals surface area contributed by atoms with Crippen molar-refractivity contribution in [1.29, 1.82) is 0 Å². The first kappa shape index (κ1) is 19.0. The fraction of sp³-hybridized carbons (Fsp3) is 0.278. The normalized spacial score (nSPS) is 16.8. The van der Waals surface area contributed by atoms with Crippen LogP contribution in [-0.2, 0) is 14.4 Å². The number of amides is 1. The van der Waals surface area contributed by atoms with E-state index in [4.69, 9.17) is 14.3 Å². The van der Waals surface area contributed by atoms with Crippen LogP contribution in [0.5, 0.6) is 5.75 Å². The topological polar surface area (TPSA) is 82.0 Å². The minimum absolute atomic E-state index is 0.0489. The van der Waals surface area contributed by atoms with Gasteiger partial charge in [0.15, 0.2) is 22.1 Å². The van der Waals surface area contributed by atoms with E-state index in [0.29, 0.717) is 37.6 Å². The zero-order valence-electron chi connectivity index (χ0n) is 14.4. The quantitative estimate of drug-likeness (QED) is 0.425. The van der Waals surface area contributed by atoms with Crippen LogP contribution in [0.2, 0.25) is 0 Å². The molecule has 9 heteroatoms. The van der Waals surface area contributed by atoms with Gasteiger partial charge in [-0.05, 0) is 24.3 Å². The lowest BCUT2D eigenvalue weighted by molar-refractivity contribution is -0.110. The van der Waals surface area contributed by atoms with Crippen molar-refractivity contribution in [2.45, 2.75) is 12.5 Å². The number of nitrogens with one attached hydrogen (secondary N) is 1. The predicted octanol–water partition coefficient (Wildman–Crippen LogP) is 3.00. The van der Waals surface area contributed by atoms with Gasteiger partial charge in [0, 0.05) is 12.0 Å². The molecule has 1 atom stereocenters. The SMILES string of the molecule is C=CCOc1ccc(/C(=N\O[C@@H]2CCOC2)C(=O)Nc2ncc(F)s2)cc1. The number of carbonyl (C=O) groups excluding carboxylic acids is 1. The third kappa shape index (κ3) is 5.35. The summed E-state index contributed by atoms with van der Waals surface area (Å²) in [6.45, 7) is 4.98. The Labute approximate surface area is 159 Å². The van der Waals surface area contributed by atoms with Crippen molar-refractivity contribution in [3.63, 3.8) is 0 Å². The number of hydrogen-bond acceptors (Lipinski definition) is 7. The Hall–Kier alpha value is -2.78. The van der Waals surface area contributed by atoms with Gasteiger partial charge >= 0.3 is 0 Å². The largest absolute Gasteiger partial charge is 0.490 e. The van der Waals surface area contributed by atoms with Crippen molar-refractivity contribution < 1.29 is 23.5 Å². The summed E-state index contributed by atoms with van der Waals surface area (Å²) in [7, 11) is 0. The molecule has 1 aromatic heterocycles. The highest BCUT2D eigenvalue weighted by molar-refractivity contribution is 7.14. The second-order valence-electron chi connectivity index (χ2n) is 5.58. The molecule has 0 bridgehead atoms. The average Bonchev–Trinajstić information content (AvgIpc) is 3.33. The number of anilines is 1. The number of nitrogens with zero attached hydrogens (tertiary/aromatic N) is 2. The average molecular weight is 391 g/mol. The predicted molar refractivity (Wildman–Crippen MR) is 99.7 cm³/mol. The molecular formula is C18H18FN3O4S. The summed E-state index contributed by atoms with van der Waals surface area (Å²) < 4.78 is 23.8. The summed E-state index contributed by atoms with van der Waals surface area (Å²) in [5, 5.41) is 6.19. The van der Waals surface area contributed by atoms with E-state index in [1.165, 1.54) is 0 Å². The van der Waals surface area contributed by atoms with E-state index in [2.05, 4.69) is 22.0 Å². The molecule has 0 radical (unpaired) electrons. The Kier molecular flexibility index (Phi) is 6.50. The van der Waals surface area contributed by atoms with E-state index in [9.17, 15) is 9.18 Å². The van der Waals surface area contributed by atoms with Gasteiger partial charge in [-0.1, -0.05) is 29.1 Å².